The van der Waals surface area contributed by atoms with Gasteiger partial charge in [-0.25, -0.2) is 4.98 Å². The molecule has 4 N–H and O–H groups in total. The Kier molecular flexibility index (Phi) is 3.97. The van der Waals surface area contributed by atoms with Gasteiger partial charge >= 0.3 is 0 Å². The SMILES string of the molecule is Cc1cc(C)cc(NC(=O)[C@@H](N)Cc2cnc[nH]2)c1. The van der Waals surface area contributed by atoms with Crippen LogP contribution in [0.2, 0.25) is 0 Å². The van der Waals surface area contributed by atoms with Crippen molar-refractivity contribution in [1.29, 1.82) is 0 Å². The molecule has 5 heteroatoms. The molecule has 19 heavy (non-hydrogen) atoms. The van der Waals surface area contributed by atoms with Gasteiger partial charge in [0.15, 0.2) is 0 Å². The predicted molar refractivity (Wildman–Crippen MR) is 74.8 cm³/mol. The fourth-order valence-corrected chi connectivity index (χ4v) is 2.01. The summed E-state index contributed by atoms with van der Waals surface area (Å²) < 4.78 is 0. The maximum absolute atomic E-state index is 12.0. The van der Waals surface area contributed by atoms with Crippen LogP contribution < -0.4 is 11.1 Å². The maximum Gasteiger partial charge on any atom is 0.241 e. The summed E-state index contributed by atoms with van der Waals surface area (Å²) in [6, 6.07) is 5.31. The zero-order valence-corrected chi connectivity index (χ0v) is 11.1. The van der Waals surface area contributed by atoms with Crippen molar-refractivity contribution in [3.8, 4) is 0 Å². The Morgan fingerprint density at radius 1 is 1.37 bits per heavy atom. The molecule has 100 valence electrons. The Labute approximate surface area is 112 Å². The van der Waals surface area contributed by atoms with Gasteiger partial charge in [0, 0.05) is 24.0 Å². The highest BCUT2D eigenvalue weighted by molar-refractivity contribution is 5.94. The van der Waals surface area contributed by atoms with Crippen molar-refractivity contribution in [2.75, 3.05) is 5.32 Å². The van der Waals surface area contributed by atoms with E-state index < -0.39 is 6.04 Å². The number of aryl methyl sites for hydroxylation is 2. The second-order valence-electron chi connectivity index (χ2n) is 4.75. The van der Waals surface area contributed by atoms with Crippen LogP contribution in [0.5, 0.6) is 0 Å². The molecule has 0 aliphatic rings. The molecule has 1 aromatic carbocycles. The number of nitrogens with zero attached hydrogens (tertiary/aromatic N) is 1. The molecule has 0 bridgehead atoms. The molecule has 1 amide bonds. The number of benzene rings is 1. The van der Waals surface area contributed by atoms with E-state index in [1.54, 1.807) is 12.5 Å². The van der Waals surface area contributed by atoms with E-state index in [9.17, 15) is 4.79 Å². The van der Waals surface area contributed by atoms with Gasteiger partial charge in [-0.1, -0.05) is 6.07 Å². The number of anilines is 1. The largest absolute Gasteiger partial charge is 0.348 e. The molecule has 0 fully saturated rings. The second-order valence-corrected chi connectivity index (χ2v) is 4.75. The Bertz CT molecular complexity index is 543. The van der Waals surface area contributed by atoms with E-state index in [0.717, 1.165) is 22.5 Å². The summed E-state index contributed by atoms with van der Waals surface area (Å²) in [6.45, 7) is 3.99. The van der Waals surface area contributed by atoms with Crippen LogP contribution in [0.3, 0.4) is 0 Å². The van der Waals surface area contributed by atoms with Gasteiger partial charge in [-0.05, 0) is 37.1 Å². The molecule has 1 aromatic heterocycles. The first-order valence-corrected chi connectivity index (χ1v) is 6.16. The Hall–Kier alpha value is -2.14. The number of H-pyrrole nitrogens is 1. The van der Waals surface area contributed by atoms with Gasteiger partial charge in [-0.3, -0.25) is 4.79 Å². The third kappa shape index (κ3) is 3.66. The highest BCUT2D eigenvalue weighted by Crippen LogP contribution is 2.14. The zero-order chi connectivity index (χ0) is 13.8. The standard InChI is InChI=1S/C14H18N4O/c1-9-3-10(2)5-11(4-9)18-14(19)13(15)6-12-7-16-8-17-12/h3-5,7-8,13H,6,15H2,1-2H3,(H,16,17)(H,18,19)/t13-/m0/s1. The molecule has 0 radical (unpaired) electrons. The molecule has 0 saturated heterocycles. The predicted octanol–water partition coefficient (Wildman–Crippen LogP) is 1.54. The van der Waals surface area contributed by atoms with Crippen LogP contribution in [0.15, 0.2) is 30.7 Å². The normalized spacial score (nSPS) is 12.2. The van der Waals surface area contributed by atoms with Crippen LogP contribution >= 0.6 is 0 Å². The zero-order valence-electron chi connectivity index (χ0n) is 11.1. The smallest absolute Gasteiger partial charge is 0.241 e. The molecule has 0 aliphatic heterocycles. The monoisotopic (exact) mass is 258 g/mol. The van der Waals surface area contributed by atoms with Crippen molar-refractivity contribution in [2.24, 2.45) is 5.73 Å². The van der Waals surface area contributed by atoms with E-state index >= 15 is 0 Å². The molecule has 1 atom stereocenters. The third-order valence-electron chi connectivity index (χ3n) is 2.82. The highest BCUT2D eigenvalue weighted by atomic mass is 16.2. The number of aromatic amines is 1. The lowest BCUT2D eigenvalue weighted by atomic mass is 10.1. The van der Waals surface area contributed by atoms with Gasteiger partial charge in [0.2, 0.25) is 5.91 Å². The number of hydrogen-bond acceptors (Lipinski definition) is 3. The Morgan fingerprint density at radius 3 is 2.63 bits per heavy atom. The molecule has 0 saturated carbocycles. The number of rotatable bonds is 4. The minimum Gasteiger partial charge on any atom is -0.348 e. The molecule has 0 unspecified atom stereocenters. The van der Waals surface area contributed by atoms with Crippen molar-refractivity contribution < 1.29 is 4.79 Å². The van der Waals surface area contributed by atoms with Crippen LogP contribution in [0, 0.1) is 13.8 Å². The first kappa shape index (κ1) is 13.3. The summed E-state index contributed by atoms with van der Waals surface area (Å²) in [5.74, 6) is -0.195. The van der Waals surface area contributed by atoms with Crippen LogP contribution in [-0.4, -0.2) is 21.9 Å². The van der Waals surface area contributed by atoms with Crippen molar-refractivity contribution in [2.45, 2.75) is 26.3 Å². The van der Waals surface area contributed by atoms with Crippen LogP contribution in [0.1, 0.15) is 16.8 Å². The Balaban J connectivity index is 2.00. The average molecular weight is 258 g/mol. The number of carbonyl (C=O) groups excluding carboxylic acids is 1. The second kappa shape index (κ2) is 5.67. The minimum atomic E-state index is -0.596. The quantitative estimate of drug-likeness (QED) is 0.777. The summed E-state index contributed by atoms with van der Waals surface area (Å²) in [5, 5.41) is 2.84. The summed E-state index contributed by atoms with van der Waals surface area (Å²) in [4.78, 5) is 18.8. The number of carbonyl (C=O) groups is 1. The number of amides is 1. The molecule has 0 aliphatic carbocycles. The van der Waals surface area contributed by atoms with E-state index in [-0.39, 0.29) is 5.91 Å². The molecule has 2 rings (SSSR count). The first-order valence-electron chi connectivity index (χ1n) is 6.16. The van der Waals surface area contributed by atoms with E-state index in [4.69, 9.17) is 5.73 Å². The summed E-state index contributed by atoms with van der Waals surface area (Å²) in [5.41, 5.74) is 9.72. The molecule has 0 spiro atoms. The van der Waals surface area contributed by atoms with Gasteiger partial charge < -0.3 is 16.0 Å². The lowest BCUT2D eigenvalue weighted by molar-refractivity contribution is -0.117. The number of hydrogen-bond donors (Lipinski definition) is 3. The van der Waals surface area contributed by atoms with Crippen molar-refractivity contribution >= 4 is 11.6 Å². The van der Waals surface area contributed by atoms with Gasteiger partial charge in [0.05, 0.1) is 12.4 Å². The number of imidazole rings is 1. The van der Waals surface area contributed by atoms with Crippen LogP contribution in [0.25, 0.3) is 0 Å². The van der Waals surface area contributed by atoms with Crippen molar-refractivity contribution in [3.05, 3.63) is 47.5 Å². The molecular weight excluding hydrogens is 240 g/mol. The van der Waals surface area contributed by atoms with Crippen molar-refractivity contribution in [1.82, 2.24) is 9.97 Å². The summed E-state index contributed by atoms with van der Waals surface area (Å²) >= 11 is 0. The van der Waals surface area contributed by atoms with Gasteiger partial charge in [-0.15, -0.1) is 0 Å². The fourth-order valence-electron chi connectivity index (χ4n) is 2.01. The van der Waals surface area contributed by atoms with Crippen molar-refractivity contribution in [3.63, 3.8) is 0 Å². The van der Waals surface area contributed by atoms with E-state index in [0.29, 0.717) is 6.42 Å². The molecule has 2 aromatic rings. The van der Waals surface area contributed by atoms with Gasteiger partial charge in [0.1, 0.15) is 0 Å². The van der Waals surface area contributed by atoms with E-state index in [2.05, 4.69) is 21.4 Å². The van der Waals surface area contributed by atoms with E-state index in [1.807, 2.05) is 26.0 Å². The molecule has 5 nitrogen and oxygen atoms in total. The molecule has 1 heterocycles. The van der Waals surface area contributed by atoms with Gasteiger partial charge in [-0.2, -0.15) is 0 Å². The summed E-state index contributed by atoms with van der Waals surface area (Å²) in [6.07, 6.45) is 3.68. The number of nitrogens with two attached hydrogens (primary N) is 1. The van der Waals surface area contributed by atoms with Crippen LogP contribution in [-0.2, 0) is 11.2 Å². The lowest BCUT2D eigenvalue weighted by Gasteiger charge is -2.12. The first-order chi connectivity index (χ1) is 9.04. The number of nitrogens with one attached hydrogen (secondary N) is 2. The maximum atomic E-state index is 12.0. The fraction of sp³-hybridized carbons (Fsp3) is 0.286. The topological polar surface area (TPSA) is 83.8 Å². The number of aromatic nitrogens is 2. The highest BCUT2D eigenvalue weighted by Gasteiger charge is 2.15. The average Bonchev–Trinajstić information content (AvgIpc) is 2.80. The lowest BCUT2D eigenvalue weighted by Crippen LogP contribution is -2.37. The summed E-state index contributed by atoms with van der Waals surface area (Å²) in [7, 11) is 0. The van der Waals surface area contributed by atoms with E-state index in [1.165, 1.54) is 0 Å². The van der Waals surface area contributed by atoms with Gasteiger partial charge in [0.25, 0.3) is 0 Å². The molecular formula is C14H18N4O. The Morgan fingerprint density at radius 2 is 2.05 bits per heavy atom. The van der Waals surface area contributed by atoms with Crippen LogP contribution in [0.4, 0.5) is 5.69 Å². The third-order valence-corrected chi connectivity index (χ3v) is 2.82. The minimum absolute atomic E-state index is 0.195.